The van der Waals surface area contributed by atoms with E-state index in [2.05, 4.69) is 36.2 Å². The lowest BCUT2D eigenvalue weighted by Gasteiger charge is -2.08. The molecule has 0 aliphatic heterocycles. The van der Waals surface area contributed by atoms with Crippen LogP contribution in [-0.2, 0) is 17.8 Å². The Hall–Kier alpha value is -2.47. The quantitative estimate of drug-likeness (QED) is 0.494. The molecule has 0 N–H and O–H groups in total. The van der Waals surface area contributed by atoms with E-state index < -0.39 is 0 Å². The first-order chi connectivity index (χ1) is 13.5. The number of carbonyl (C=O) groups excluding carboxylic acids is 1. The van der Waals surface area contributed by atoms with Gasteiger partial charge < -0.3 is 4.57 Å². The van der Waals surface area contributed by atoms with Crippen LogP contribution >= 0.6 is 11.8 Å². The van der Waals surface area contributed by atoms with Crippen LogP contribution in [0.15, 0.2) is 53.7 Å². The number of aromatic nitrogens is 3. The maximum absolute atomic E-state index is 13.2. The van der Waals surface area contributed by atoms with Gasteiger partial charge in [0.1, 0.15) is 11.6 Å². The SMILES string of the molecule is CCn1c(SCC(=O)Cc2ccc(C(C)C)cc2)nnc1-c1ccc(F)cc1. The number of rotatable bonds is 8. The summed E-state index contributed by atoms with van der Waals surface area (Å²) in [6, 6.07) is 14.4. The highest BCUT2D eigenvalue weighted by atomic mass is 32.2. The summed E-state index contributed by atoms with van der Waals surface area (Å²) in [6.45, 7) is 6.98. The van der Waals surface area contributed by atoms with Gasteiger partial charge in [-0.3, -0.25) is 4.79 Å². The van der Waals surface area contributed by atoms with Crippen LogP contribution in [0.3, 0.4) is 0 Å². The molecule has 0 amide bonds. The van der Waals surface area contributed by atoms with Crippen LogP contribution in [0.5, 0.6) is 0 Å². The van der Waals surface area contributed by atoms with Gasteiger partial charge in [0, 0.05) is 18.5 Å². The topological polar surface area (TPSA) is 47.8 Å². The van der Waals surface area contributed by atoms with E-state index in [0.29, 0.717) is 35.6 Å². The first-order valence-electron chi connectivity index (χ1n) is 9.40. The first-order valence-corrected chi connectivity index (χ1v) is 10.4. The molecular formula is C22H24FN3OS. The monoisotopic (exact) mass is 397 g/mol. The van der Waals surface area contributed by atoms with Crippen molar-refractivity contribution in [3.63, 3.8) is 0 Å². The highest BCUT2D eigenvalue weighted by Crippen LogP contribution is 2.24. The second-order valence-electron chi connectivity index (χ2n) is 6.96. The molecular weight excluding hydrogens is 373 g/mol. The van der Waals surface area contributed by atoms with Crippen LogP contribution in [0.25, 0.3) is 11.4 Å². The van der Waals surface area contributed by atoms with Crippen molar-refractivity contribution in [1.82, 2.24) is 14.8 Å². The van der Waals surface area contributed by atoms with Crippen molar-refractivity contribution in [2.45, 2.75) is 44.8 Å². The number of hydrogen-bond donors (Lipinski definition) is 0. The van der Waals surface area contributed by atoms with Gasteiger partial charge in [-0.2, -0.15) is 0 Å². The lowest BCUT2D eigenvalue weighted by molar-refractivity contribution is -0.116. The van der Waals surface area contributed by atoms with Gasteiger partial charge in [0.25, 0.3) is 0 Å². The fraction of sp³-hybridized carbons (Fsp3) is 0.318. The van der Waals surface area contributed by atoms with Crippen molar-refractivity contribution < 1.29 is 9.18 Å². The fourth-order valence-electron chi connectivity index (χ4n) is 2.94. The summed E-state index contributed by atoms with van der Waals surface area (Å²) in [7, 11) is 0. The number of nitrogens with zero attached hydrogens (tertiary/aromatic N) is 3. The summed E-state index contributed by atoms with van der Waals surface area (Å²) in [6.07, 6.45) is 0.413. The molecule has 146 valence electrons. The Kier molecular flexibility index (Phi) is 6.62. The molecule has 0 saturated heterocycles. The number of hydrogen-bond acceptors (Lipinski definition) is 4. The lowest BCUT2D eigenvalue weighted by atomic mass is 10.0. The molecule has 2 aromatic carbocycles. The van der Waals surface area contributed by atoms with Crippen molar-refractivity contribution in [2.24, 2.45) is 0 Å². The molecule has 0 spiro atoms. The largest absolute Gasteiger partial charge is 0.302 e. The normalized spacial score (nSPS) is 11.2. The molecule has 1 aromatic heterocycles. The summed E-state index contributed by atoms with van der Waals surface area (Å²) < 4.78 is 15.1. The maximum atomic E-state index is 13.2. The minimum absolute atomic E-state index is 0.149. The number of halogens is 1. The van der Waals surface area contributed by atoms with E-state index in [1.807, 2.05) is 23.6 Å². The molecule has 3 rings (SSSR count). The van der Waals surface area contributed by atoms with E-state index in [1.165, 1.54) is 29.5 Å². The molecule has 4 nitrogen and oxygen atoms in total. The van der Waals surface area contributed by atoms with E-state index >= 15 is 0 Å². The summed E-state index contributed by atoms with van der Waals surface area (Å²) in [5.74, 6) is 1.37. The second kappa shape index (κ2) is 9.15. The smallest absolute Gasteiger partial charge is 0.191 e. The zero-order chi connectivity index (χ0) is 20.1. The molecule has 0 unspecified atom stereocenters. The zero-order valence-corrected chi connectivity index (χ0v) is 17.2. The molecule has 28 heavy (non-hydrogen) atoms. The Balaban J connectivity index is 1.64. The third kappa shape index (κ3) is 4.87. The van der Waals surface area contributed by atoms with Crippen molar-refractivity contribution in [3.8, 4) is 11.4 Å². The predicted molar refractivity (Wildman–Crippen MR) is 111 cm³/mol. The highest BCUT2D eigenvalue weighted by molar-refractivity contribution is 7.99. The van der Waals surface area contributed by atoms with Gasteiger partial charge in [-0.1, -0.05) is 49.9 Å². The predicted octanol–water partition coefficient (Wildman–Crippen LogP) is 5.13. The van der Waals surface area contributed by atoms with Gasteiger partial charge in [0.2, 0.25) is 0 Å². The Bertz CT molecular complexity index is 933. The van der Waals surface area contributed by atoms with Crippen molar-refractivity contribution in [3.05, 3.63) is 65.5 Å². The van der Waals surface area contributed by atoms with Crippen molar-refractivity contribution in [2.75, 3.05) is 5.75 Å². The van der Waals surface area contributed by atoms with Gasteiger partial charge in [-0.05, 0) is 48.2 Å². The van der Waals surface area contributed by atoms with Crippen LogP contribution in [0.2, 0.25) is 0 Å². The van der Waals surface area contributed by atoms with Crippen LogP contribution in [0.4, 0.5) is 4.39 Å². The Morgan fingerprint density at radius 2 is 1.75 bits per heavy atom. The minimum Gasteiger partial charge on any atom is -0.302 e. The standard InChI is InChI=1S/C22H24FN3OS/c1-4-26-21(18-9-11-19(23)12-10-18)24-25-22(26)28-14-20(27)13-16-5-7-17(8-6-16)15(2)3/h5-12,15H,4,13-14H2,1-3H3. The molecule has 0 saturated carbocycles. The fourth-order valence-corrected chi connectivity index (χ4v) is 3.80. The summed E-state index contributed by atoms with van der Waals surface area (Å²) in [5, 5.41) is 9.16. The summed E-state index contributed by atoms with van der Waals surface area (Å²) in [4.78, 5) is 12.4. The molecule has 0 radical (unpaired) electrons. The second-order valence-corrected chi connectivity index (χ2v) is 7.90. The molecule has 0 fully saturated rings. The molecule has 0 aliphatic rings. The molecule has 0 atom stereocenters. The van der Waals surface area contributed by atoms with Crippen LogP contribution in [0.1, 0.15) is 37.8 Å². The van der Waals surface area contributed by atoms with Gasteiger partial charge in [-0.25, -0.2) is 4.39 Å². The number of thioether (sulfide) groups is 1. The minimum atomic E-state index is -0.284. The molecule has 3 aromatic rings. The van der Waals surface area contributed by atoms with Gasteiger partial charge in [-0.15, -0.1) is 10.2 Å². The molecule has 0 bridgehead atoms. The van der Waals surface area contributed by atoms with Crippen LogP contribution in [-0.4, -0.2) is 26.3 Å². The van der Waals surface area contributed by atoms with E-state index in [9.17, 15) is 9.18 Å². The van der Waals surface area contributed by atoms with Crippen LogP contribution < -0.4 is 0 Å². The highest BCUT2D eigenvalue weighted by Gasteiger charge is 2.15. The lowest BCUT2D eigenvalue weighted by Crippen LogP contribution is -2.07. The maximum Gasteiger partial charge on any atom is 0.191 e. The van der Waals surface area contributed by atoms with Gasteiger partial charge >= 0.3 is 0 Å². The van der Waals surface area contributed by atoms with E-state index in [-0.39, 0.29) is 11.6 Å². The first kappa shape index (κ1) is 20.3. The Morgan fingerprint density at radius 1 is 1.07 bits per heavy atom. The number of carbonyl (C=O) groups is 1. The van der Waals surface area contributed by atoms with E-state index in [0.717, 1.165) is 11.1 Å². The summed E-state index contributed by atoms with van der Waals surface area (Å²) >= 11 is 1.39. The number of benzene rings is 2. The summed E-state index contributed by atoms with van der Waals surface area (Å²) in [5.41, 5.74) is 3.10. The van der Waals surface area contributed by atoms with Crippen molar-refractivity contribution >= 4 is 17.5 Å². The molecule has 1 heterocycles. The average Bonchev–Trinajstić information content (AvgIpc) is 3.10. The zero-order valence-electron chi connectivity index (χ0n) is 16.4. The average molecular weight is 398 g/mol. The third-order valence-corrected chi connectivity index (χ3v) is 5.57. The van der Waals surface area contributed by atoms with Gasteiger partial charge in [0.15, 0.2) is 11.0 Å². The van der Waals surface area contributed by atoms with Crippen molar-refractivity contribution in [1.29, 1.82) is 0 Å². The van der Waals surface area contributed by atoms with Gasteiger partial charge in [0.05, 0.1) is 5.75 Å². The van der Waals surface area contributed by atoms with Crippen LogP contribution in [0, 0.1) is 5.82 Å². The Labute approximate surface area is 169 Å². The third-order valence-electron chi connectivity index (χ3n) is 4.55. The molecule has 0 aliphatic carbocycles. The van der Waals surface area contributed by atoms with E-state index in [4.69, 9.17) is 0 Å². The Morgan fingerprint density at radius 3 is 2.36 bits per heavy atom. The number of ketones is 1. The molecule has 6 heteroatoms. The number of Topliss-reactive ketones (excluding diaryl/α,β-unsaturated/α-hetero) is 1. The van der Waals surface area contributed by atoms with E-state index in [1.54, 1.807) is 12.1 Å².